The minimum atomic E-state index is -4.06. The van der Waals surface area contributed by atoms with Gasteiger partial charge in [0.15, 0.2) is 0 Å². The number of benzene rings is 3. The fourth-order valence-electron chi connectivity index (χ4n) is 2.49. The number of carbonyl (C=O) groups is 1. The van der Waals surface area contributed by atoms with Crippen LogP contribution in [0.5, 0.6) is 0 Å². The highest BCUT2D eigenvalue weighted by atomic mass is 35.5. The lowest BCUT2D eigenvalue weighted by Crippen LogP contribution is -2.16. The number of anilines is 2. The molecule has 0 heterocycles. The van der Waals surface area contributed by atoms with Crippen LogP contribution in [0.3, 0.4) is 0 Å². The maximum absolute atomic E-state index is 13.9. The smallest absolute Gasteiger partial charge is 0.261 e. The summed E-state index contributed by atoms with van der Waals surface area (Å²) >= 11 is 6.05. The largest absolute Gasteiger partial charge is 0.319 e. The third-order valence-electron chi connectivity index (χ3n) is 3.97. The van der Waals surface area contributed by atoms with E-state index in [1.54, 1.807) is 13.0 Å². The normalized spacial score (nSPS) is 11.2. The summed E-state index contributed by atoms with van der Waals surface area (Å²) in [4.78, 5) is 12.3. The van der Waals surface area contributed by atoms with Crippen LogP contribution in [-0.4, -0.2) is 14.3 Å². The molecule has 3 aromatic carbocycles. The molecule has 1 amide bonds. The van der Waals surface area contributed by atoms with Crippen molar-refractivity contribution in [1.82, 2.24) is 0 Å². The number of rotatable bonds is 5. The van der Waals surface area contributed by atoms with Crippen LogP contribution in [0.1, 0.15) is 15.9 Å². The third-order valence-corrected chi connectivity index (χ3v) is 5.68. The molecule has 2 N–H and O–H groups in total. The number of aryl methyl sites for hydroxylation is 1. The molecule has 0 unspecified atom stereocenters. The standard InChI is InChI=1S/C20H15ClF2N2O3S/c1-12-2-9-17(23)19(10-12)24-20(26)13-3-8-16(21)18(11-13)25-29(27,28)15-6-4-14(22)5-7-15/h2-11,25H,1H3,(H,24,26). The number of amides is 1. The fourth-order valence-corrected chi connectivity index (χ4v) is 3.78. The van der Waals surface area contributed by atoms with E-state index in [1.165, 1.54) is 30.3 Å². The SMILES string of the molecule is Cc1ccc(F)c(NC(=O)c2ccc(Cl)c(NS(=O)(=O)c3ccc(F)cc3)c2)c1. The van der Waals surface area contributed by atoms with Gasteiger partial charge >= 0.3 is 0 Å². The van der Waals surface area contributed by atoms with Gasteiger partial charge in [0.1, 0.15) is 11.6 Å². The van der Waals surface area contributed by atoms with Crippen molar-refractivity contribution in [3.63, 3.8) is 0 Å². The van der Waals surface area contributed by atoms with Crippen LogP contribution in [0, 0.1) is 18.6 Å². The van der Waals surface area contributed by atoms with Gasteiger partial charge in [0.05, 0.1) is 21.3 Å². The second kappa shape index (κ2) is 8.18. The zero-order valence-electron chi connectivity index (χ0n) is 15.0. The summed E-state index contributed by atoms with van der Waals surface area (Å²) in [6, 6.07) is 12.4. The molecule has 0 aromatic heterocycles. The first kappa shape index (κ1) is 20.8. The van der Waals surface area contributed by atoms with E-state index in [0.717, 1.165) is 29.8 Å². The zero-order valence-corrected chi connectivity index (χ0v) is 16.6. The minimum absolute atomic E-state index is 0.00149. The van der Waals surface area contributed by atoms with Crippen LogP contribution < -0.4 is 10.0 Å². The Bertz CT molecular complexity index is 1180. The predicted molar refractivity (Wildman–Crippen MR) is 108 cm³/mol. The van der Waals surface area contributed by atoms with Crippen LogP contribution in [0.2, 0.25) is 5.02 Å². The number of hydrogen-bond acceptors (Lipinski definition) is 3. The molecule has 0 aliphatic rings. The van der Waals surface area contributed by atoms with Gasteiger partial charge in [0.2, 0.25) is 0 Å². The Kier molecular flexibility index (Phi) is 5.86. The molecular weight excluding hydrogens is 422 g/mol. The monoisotopic (exact) mass is 436 g/mol. The summed E-state index contributed by atoms with van der Waals surface area (Å²) in [6.45, 7) is 1.75. The highest BCUT2D eigenvalue weighted by Gasteiger charge is 2.18. The van der Waals surface area contributed by atoms with Crippen molar-refractivity contribution in [3.05, 3.63) is 88.4 Å². The van der Waals surface area contributed by atoms with E-state index in [4.69, 9.17) is 11.6 Å². The van der Waals surface area contributed by atoms with Crippen molar-refractivity contribution in [3.8, 4) is 0 Å². The summed E-state index contributed by atoms with van der Waals surface area (Å²) in [5.41, 5.74) is 0.768. The number of sulfonamides is 1. The van der Waals surface area contributed by atoms with Gasteiger partial charge in [0.25, 0.3) is 15.9 Å². The molecule has 0 aliphatic carbocycles. The molecule has 3 aromatic rings. The van der Waals surface area contributed by atoms with Gasteiger partial charge in [-0.25, -0.2) is 17.2 Å². The lowest BCUT2D eigenvalue weighted by atomic mass is 10.1. The van der Waals surface area contributed by atoms with Gasteiger partial charge < -0.3 is 5.32 Å². The van der Waals surface area contributed by atoms with E-state index in [2.05, 4.69) is 10.0 Å². The molecule has 3 rings (SSSR count). The molecule has 0 aliphatic heterocycles. The summed E-state index contributed by atoms with van der Waals surface area (Å²) in [5, 5.41) is 2.49. The Morgan fingerprint density at radius 1 is 0.931 bits per heavy atom. The van der Waals surface area contributed by atoms with Crippen molar-refractivity contribution in [2.45, 2.75) is 11.8 Å². The van der Waals surface area contributed by atoms with Crippen molar-refractivity contribution in [1.29, 1.82) is 0 Å². The van der Waals surface area contributed by atoms with Crippen molar-refractivity contribution in [2.75, 3.05) is 10.0 Å². The number of carbonyl (C=O) groups excluding carboxylic acids is 1. The van der Waals surface area contributed by atoms with Crippen LogP contribution in [0.15, 0.2) is 65.6 Å². The molecule has 9 heteroatoms. The molecule has 5 nitrogen and oxygen atoms in total. The summed E-state index contributed by atoms with van der Waals surface area (Å²) < 4.78 is 54.1. The van der Waals surface area contributed by atoms with Crippen LogP contribution in [-0.2, 0) is 10.0 Å². The molecule has 0 bridgehead atoms. The topological polar surface area (TPSA) is 75.3 Å². The summed E-state index contributed by atoms with van der Waals surface area (Å²) in [5.74, 6) is -1.83. The first-order valence-corrected chi connectivity index (χ1v) is 10.2. The van der Waals surface area contributed by atoms with E-state index in [9.17, 15) is 22.0 Å². The van der Waals surface area contributed by atoms with E-state index >= 15 is 0 Å². The van der Waals surface area contributed by atoms with Gasteiger partial charge in [-0.15, -0.1) is 0 Å². The third kappa shape index (κ3) is 4.90. The maximum atomic E-state index is 13.9. The van der Waals surface area contributed by atoms with Crippen LogP contribution >= 0.6 is 11.6 Å². The molecule has 0 spiro atoms. The Hall–Kier alpha value is -2.97. The van der Waals surface area contributed by atoms with Crippen molar-refractivity contribution < 1.29 is 22.0 Å². The van der Waals surface area contributed by atoms with Crippen LogP contribution in [0.4, 0.5) is 20.2 Å². The molecule has 0 saturated heterocycles. The van der Waals surface area contributed by atoms with Crippen LogP contribution in [0.25, 0.3) is 0 Å². The Morgan fingerprint density at radius 2 is 1.62 bits per heavy atom. The van der Waals surface area contributed by atoms with E-state index in [0.29, 0.717) is 0 Å². The zero-order chi connectivity index (χ0) is 21.2. The highest BCUT2D eigenvalue weighted by Crippen LogP contribution is 2.27. The Morgan fingerprint density at radius 3 is 2.31 bits per heavy atom. The van der Waals surface area contributed by atoms with E-state index < -0.39 is 27.6 Å². The fraction of sp³-hybridized carbons (Fsp3) is 0.0500. The second-order valence-electron chi connectivity index (χ2n) is 6.19. The van der Waals surface area contributed by atoms with Gasteiger partial charge in [-0.05, 0) is 67.1 Å². The molecular formula is C20H15ClF2N2O3S. The minimum Gasteiger partial charge on any atom is -0.319 e. The average molecular weight is 437 g/mol. The van der Waals surface area contributed by atoms with Crippen molar-refractivity contribution >= 4 is 38.9 Å². The van der Waals surface area contributed by atoms with Crippen molar-refractivity contribution in [2.24, 2.45) is 0 Å². The quantitative estimate of drug-likeness (QED) is 0.592. The van der Waals surface area contributed by atoms with E-state index in [1.807, 2.05) is 0 Å². The molecule has 0 atom stereocenters. The summed E-state index contributed by atoms with van der Waals surface area (Å²) in [6.07, 6.45) is 0. The number of nitrogens with one attached hydrogen (secondary N) is 2. The van der Waals surface area contributed by atoms with Gasteiger partial charge in [-0.1, -0.05) is 17.7 Å². The average Bonchev–Trinajstić information content (AvgIpc) is 2.66. The Balaban J connectivity index is 1.87. The van der Waals surface area contributed by atoms with Gasteiger partial charge in [-0.2, -0.15) is 0 Å². The first-order chi connectivity index (χ1) is 13.7. The molecule has 0 saturated carbocycles. The van der Waals surface area contributed by atoms with Gasteiger partial charge in [0, 0.05) is 5.56 Å². The Labute approximate surface area is 171 Å². The molecule has 150 valence electrons. The molecule has 0 radical (unpaired) electrons. The molecule has 0 fully saturated rings. The molecule has 29 heavy (non-hydrogen) atoms. The van der Waals surface area contributed by atoms with E-state index in [-0.39, 0.29) is 26.9 Å². The second-order valence-corrected chi connectivity index (χ2v) is 8.28. The number of halogens is 3. The van der Waals surface area contributed by atoms with Gasteiger partial charge in [-0.3, -0.25) is 9.52 Å². The lowest BCUT2D eigenvalue weighted by molar-refractivity contribution is 0.102. The highest BCUT2D eigenvalue weighted by molar-refractivity contribution is 7.92. The number of hydrogen-bond donors (Lipinski definition) is 2. The first-order valence-electron chi connectivity index (χ1n) is 8.31. The summed E-state index contributed by atoms with van der Waals surface area (Å²) in [7, 11) is -4.06. The maximum Gasteiger partial charge on any atom is 0.261 e. The predicted octanol–water partition coefficient (Wildman–Crippen LogP) is 4.98. The lowest BCUT2D eigenvalue weighted by Gasteiger charge is -2.12.